The highest BCUT2D eigenvalue weighted by molar-refractivity contribution is 9.10. The van der Waals surface area contributed by atoms with Gasteiger partial charge in [-0.05, 0) is 55.8 Å². The Balaban J connectivity index is 1.34. The second-order valence-corrected chi connectivity index (χ2v) is 14.0. The molecule has 0 saturated carbocycles. The van der Waals surface area contributed by atoms with E-state index in [2.05, 4.69) is 15.9 Å². The molecule has 3 aromatic carbocycles. The van der Waals surface area contributed by atoms with Gasteiger partial charge >= 0.3 is 0 Å². The SMILES string of the molecule is Cc1nn(-c2nc(-c3cccc(Cl)c3)cs2)c(O)c1C(c1ccc(Br)cc1)c1c(C)nn(-c2nc(-c3cccc(Cl)c3)cs2)c1O. The summed E-state index contributed by atoms with van der Waals surface area (Å²) in [5, 5.41) is 39.0. The summed E-state index contributed by atoms with van der Waals surface area (Å²) in [7, 11) is 0. The van der Waals surface area contributed by atoms with Crippen LogP contribution >= 0.6 is 61.8 Å². The van der Waals surface area contributed by atoms with Crippen LogP contribution in [-0.2, 0) is 0 Å². The molecule has 4 heterocycles. The first-order chi connectivity index (χ1) is 22.2. The Labute approximate surface area is 290 Å². The lowest BCUT2D eigenvalue weighted by Gasteiger charge is -2.18. The van der Waals surface area contributed by atoms with Gasteiger partial charge < -0.3 is 10.2 Å². The van der Waals surface area contributed by atoms with Crippen LogP contribution in [-0.4, -0.2) is 39.7 Å². The number of aromatic nitrogens is 6. The quantitative estimate of drug-likeness (QED) is 0.168. The van der Waals surface area contributed by atoms with E-state index in [1.54, 1.807) is 0 Å². The Morgan fingerprint density at radius 3 is 1.59 bits per heavy atom. The summed E-state index contributed by atoms with van der Waals surface area (Å²) in [4.78, 5) is 9.50. The molecule has 13 heteroatoms. The van der Waals surface area contributed by atoms with Gasteiger partial charge in [0.15, 0.2) is 0 Å². The Hall–Kier alpha value is -4.00. The molecular weight excluding hydrogens is 727 g/mol. The highest BCUT2D eigenvalue weighted by atomic mass is 79.9. The number of thiazole rings is 2. The highest BCUT2D eigenvalue weighted by Crippen LogP contribution is 2.45. The molecule has 0 bridgehead atoms. The van der Waals surface area contributed by atoms with Crippen molar-refractivity contribution in [3.8, 4) is 44.5 Å². The van der Waals surface area contributed by atoms with Crippen LogP contribution in [0.25, 0.3) is 32.8 Å². The van der Waals surface area contributed by atoms with Crippen molar-refractivity contribution in [2.24, 2.45) is 0 Å². The van der Waals surface area contributed by atoms with Crippen LogP contribution < -0.4 is 0 Å². The molecule has 0 aliphatic carbocycles. The zero-order chi connectivity index (χ0) is 32.1. The largest absolute Gasteiger partial charge is 0.493 e. The number of benzene rings is 3. The van der Waals surface area contributed by atoms with Crippen molar-refractivity contribution in [1.29, 1.82) is 0 Å². The lowest BCUT2D eigenvalue weighted by atomic mass is 9.85. The van der Waals surface area contributed by atoms with E-state index >= 15 is 0 Å². The Morgan fingerprint density at radius 1 is 0.696 bits per heavy atom. The summed E-state index contributed by atoms with van der Waals surface area (Å²) in [5.41, 5.74) is 6.20. The van der Waals surface area contributed by atoms with Crippen molar-refractivity contribution < 1.29 is 10.2 Å². The van der Waals surface area contributed by atoms with E-state index in [1.807, 2.05) is 97.4 Å². The maximum Gasteiger partial charge on any atom is 0.220 e. The van der Waals surface area contributed by atoms with Gasteiger partial charge in [-0.25, -0.2) is 9.97 Å². The first-order valence-corrected chi connectivity index (χ1v) is 17.2. The summed E-state index contributed by atoms with van der Waals surface area (Å²) in [6.45, 7) is 3.66. The third-order valence-electron chi connectivity index (χ3n) is 7.53. The van der Waals surface area contributed by atoms with E-state index in [0.29, 0.717) is 42.8 Å². The predicted octanol–water partition coefficient (Wildman–Crippen LogP) is 9.58. The van der Waals surface area contributed by atoms with Crippen molar-refractivity contribution in [3.05, 3.63) is 126 Å². The molecule has 0 aliphatic heterocycles. The summed E-state index contributed by atoms with van der Waals surface area (Å²) >= 11 is 18.6. The predicted molar refractivity (Wildman–Crippen MR) is 187 cm³/mol. The van der Waals surface area contributed by atoms with Crippen LogP contribution in [0.1, 0.15) is 34.0 Å². The van der Waals surface area contributed by atoms with Gasteiger partial charge in [0.25, 0.3) is 0 Å². The van der Waals surface area contributed by atoms with Gasteiger partial charge in [-0.15, -0.1) is 22.7 Å². The summed E-state index contributed by atoms with van der Waals surface area (Å²) in [6.07, 6.45) is 0. The van der Waals surface area contributed by atoms with Crippen LogP contribution in [0.3, 0.4) is 0 Å². The molecule has 8 nitrogen and oxygen atoms in total. The number of aryl methyl sites for hydroxylation is 2. The van der Waals surface area contributed by atoms with Crippen LogP contribution in [0, 0.1) is 13.8 Å². The third kappa shape index (κ3) is 5.62. The number of aromatic hydroxyl groups is 2. The van der Waals surface area contributed by atoms with Crippen molar-refractivity contribution >= 4 is 61.8 Å². The molecule has 0 aliphatic rings. The monoisotopic (exact) mass is 748 g/mol. The van der Waals surface area contributed by atoms with Crippen molar-refractivity contribution in [3.63, 3.8) is 0 Å². The van der Waals surface area contributed by atoms with Crippen LogP contribution in [0.15, 0.2) is 88.0 Å². The van der Waals surface area contributed by atoms with Gasteiger partial charge in [-0.2, -0.15) is 19.6 Å². The van der Waals surface area contributed by atoms with Crippen molar-refractivity contribution in [1.82, 2.24) is 29.5 Å². The standard InChI is InChI=1S/C33H23BrCl2N6O2S2/c1-17-27(30(43)41(39-17)32-37-25(15-45-32)20-5-3-7-23(35)13-20)29(19-9-11-22(34)12-10-19)28-18(2)40-42(31(28)44)33-38-26(16-46-33)21-6-4-8-24(36)14-21/h3-16,29,43-44H,1-2H3. The summed E-state index contributed by atoms with van der Waals surface area (Å²) < 4.78 is 3.77. The molecule has 46 heavy (non-hydrogen) atoms. The van der Waals surface area contributed by atoms with Gasteiger partial charge in [-0.1, -0.05) is 75.5 Å². The minimum atomic E-state index is -0.615. The molecule has 0 saturated heterocycles. The van der Waals surface area contributed by atoms with Crippen LogP contribution in [0.5, 0.6) is 11.8 Å². The lowest BCUT2D eigenvalue weighted by molar-refractivity contribution is 0.420. The van der Waals surface area contributed by atoms with Gasteiger partial charge in [0.05, 0.1) is 22.8 Å². The van der Waals surface area contributed by atoms with Crippen LogP contribution in [0.4, 0.5) is 0 Å². The van der Waals surface area contributed by atoms with Gasteiger partial charge in [0.1, 0.15) is 0 Å². The molecule has 0 amide bonds. The fourth-order valence-electron chi connectivity index (χ4n) is 5.41. The smallest absolute Gasteiger partial charge is 0.220 e. The topological polar surface area (TPSA) is 102 Å². The fourth-order valence-corrected chi connectivity index (χ4v) is 7.63. The minimum Gasteiger partial charge on any atom is -0.493 e. The second kappa shape index (κ2) is 12.3. The van der Waals surface area contributed by atoms with E-state index in [4.69, 9.17) is 43.4 Å². The minimum absolute atomic E-state index is 0.0820. The lowest BCUT2D eigenvalue weighted by Crippen LogP contribution is -2.06. The normalized spacial score (nSPS) is 11.5. The molecule has 0 radical (unpaired) electrons. The summed E-state index contributed by atoms with van der Waals surface area (Å²) in [6, 6.07) is 22.6. The van der Waals surface area contributed by atoms with Gasteiger partial charge in [-0.3, -0.25) is 0 Å². The number of halogens is 3. The summed E-state index contributed by atoms with van der Waals surface area (Å²) in [5.74, 6) is -0.779. The Bertz CT molecular complexity index is 2090. The fraction of sp³-hybridized carbons (Fsp3) is 0.0909. The molecule has 0 unspecified atom stereocenters. The number of hydrogen-bond acceptors (Lipinski definition) is 8. The number of nitrogens with zero attached hydrogens (tertiary/aromatic N) is 6. The first-order valence-electron chi connectivity index (χ1n) is 13.9. The third-order valence-corrected chi connectivity index (χ3v) is 10.2. The molecule has 7 aromatic rings. The average Bonchev–Trinajstić information content (AvgIpc) is 3.83. The number of rotatable bonds is 7. The van der Waals surface area contributed by atoms with Gasteiger partial charge in [0, 0.05) is 53.4 Å². The molecule has 4 aromatic heterocycles. The second-order valence-electron chi connectivity index (χ2n) is 10.5. The zero-order valence-electron chi connectivity index (χ0n) is 24.2. The molecule has 0 atom stereocenters. The van der Waals surface area contributed by atoms with E-state index in [9.17, 15) is 10.2 Å². The molecular formula is C33H23BrCl2N6O2S2. The molecule has 0 fully saturated rings. The van der Waals surface area contributed by atoms with Crippen molar-refractivity contribution in [2.45, 2.75) is 19.8 Å². The molecule has 2 N–H and O–H groups in total. The maximum absolute atomic E-state index is 11.8. The molecule has 7 rings (SSSR count). The highest BCUT2D eigenvalue weighted by Gasteiger charge is 2.34. The van der Waals surface area contributed by atoms with E-state index in [0.717, 1.165) is 32.6 Å². The maximum atomic E-state index is 11.8. The Morgan fingerprint density at radius 2 is 1.15 bits per heavy atom. The van der Waals surface area contributed by atoms with E-state index in [1.165, 1.54) is 32.0 Å². The van der Waals surface area contributed by atoms with E-state index in [-0.39, 0.29) is 11.8 Å². The molecule has 230 valence electrons. The Kier molecular flexibility index (Phi) is 8.20. The van der Waals surface area contributed by atoms with Crippen LogP contribution in [0.2, 0.25) is 10.0 Å². The van der Waals surface area contributed by atoms with E-state index < -0.39 is 5.92 Å². The average molecular weight is 751 g/mol. The number of hydrogen-bond donors (Lipinski definition) is 2. The molecule has 0 spiro atoms. The van der Waals surface area contributed by atoms with Gasteiger partial charge in [0.2, 0.25) is 22.0 Å². The zero-order valence-corrected chi connectivity index (χ0v) is 28.9. The first kappa shape index (κ1) is 30.6. The van der Waals surface area contributed by atoms with Crippen molar-refractivity contribution in [2.75, 3.05) is 0 Å².